The summed E-state index contributed by atoms with van der Waals surface area (Å²) in [6.07, 6.45) is 0. The Morgan fingerprint density at radius 1 is 1.19 bits per heavy atom. The predicted octanol–water partition coefficient (Wildman–Crippen LogP) is 5.42. The molecule has 0 unspecified atom stereocenters. The van der Waals surface area contributed by atoms with E-state index < -0.39 is 11.0 Å². The van der Waals surface area contributed by atoms with Crippen molar-refractivity contribution in [2.24, 2.45) is 0 Å². The zero-order chi connectivity index (χ0) is 22.7. The van der Waals surface area contributed by atoms with Crippen LogP contribution in [0, 0.1) is 24.0 Å². The summed E-state index contributed by atoms with van der Waals surface area (Å²) in [5.41, 5.74) is 2.88. The Morgan fingerprint density at radius 3 is 2.58 bits per heavy atom. The van der Waals surface area contributed by atoms with E-state index in [9.17, 15) is 14.9 Å². The highest BCUT2D eigenvalue weighted by Gasteiger charge is 2.17. The van der Waals surface area contributed by atoms with E-state index in [2.05, 4.69) is 15.7 Å². The maximum atomic E-state index is 12.5. The fourth-order valence-corrected chi connectivity index (χ4v) is 3.48. The third-order valence-corrected chi connectivity index (χ3v) is 5.19. The van der Waals surface area contributed by atoms with E-state index >= 15 is 0 Å². The summed E-state index contributed by atoms with van der Waals surface area (Å²) in [6.45, 7) is 4.00. The average molecular weight is 464 g/mol. The Kier molecular flexibility index (Phi) is 6.67. The van der Waals surface area contributed by atoms with E-state index in [4.69, 9.17) is 27.9 Å². The van der Waals surface area contributed by atoms with Gasteiger partial charge in [-0.25, -0.2) is 4.79 Å². The molecule has 1 aromatic heterocycles. The summed E-state index contributed by atoms with van der Waals surface area (Å²) < 4.78 is 6.87. The van der Waals surface area contributed by atoms with Gasteiger partial charge in [-0.1, -0.05) is 29.3 Å². The number of amides is 2. The number of ether oxygens (including phenoxy) is 1. The number of methoxy groups -OCH3 is 1. The van der Waals surface area contributed by atoms with Crippen LogP contribution in [0.1, 0.15) is 17.0 Å². The molecule has 2 amide bonds. The minimum absolute atomic E-state index is 0.142. The lowest BCUT2D eigenvalue weighted by molar-refractivity contribution is -0.384. The standard InChI is InChI=1S/C20H19Cl2N5O4/c1-11-19(12(2)26(25-11)10-13-4-5-14(21)8-16(13)22)24-20(28)23-17-7-6-15(27(29)30)9-18(17)31-3/h4-9H,10H2,1-3H3,(H2,23,24,28). The molecule has 0 bridgehead atoms. The van der Waals surface area contributed by atoms with Crippen LogP contribution < -0.4 is 15.4 Å². The number of halogens is 2. The maximum absolute atomic E-state index is 12.5. The van der Waals surface area contributed by atoms with Crippen molar-refractivity contribution in [2.45, 2.75) is 20.4 Å². The van der Waals surface area contributed by atoms with E-state index in [-0.39, 0.29) is 11.4 Å². The van der Waals surface area contributed by atoms with Gasteiger partial charge in [0.05, 0.1) is 47.4 Å². The minimum Gasteiger partial charge on any atom is -0.494 e. The number of benzene rings is 2. The first-order valence-electron chi connectivity index (χ1n) is 9.08. The van der Waals surface area contributed by atoms with Gasteiger partial charge in [-0.05, 0) is 37.6 Å². The molecule has 3 aromatic rings. The number of carbonyl (C=O) groups excluding carboxylic acids is 1. The molecular weight excluding hydrogens is 445 g/mol. The number of nitrogens with zero attached hydrogens (tertiary/aromatic N) is 3. The molecule has 3 rings (SSSR count). The van der Waals surface area contributed by atoms with E-state index in [1.54, 1.807) is 23.7 Å². The van der Waals surface area contributed by atoms with Crippen LogP contribution in [-0.2, 0) is 6.54 Å². The van der Waals surface area contributed by atoms with Crippen molar-refractivity contribution < 1.29 is 14.5 Å². The molecule has 0 saturated carbocycles. The van der Waals surface area contributed by atoms with Crippen molar-refractivity contribution in [3.8, 4) is 5.75 Å². The topological polar surface area (TPSA) is 111 Å². The van der Waals surface area contributed by atoms with Crippen molar-refractivity contribution >= 4 is 46.3 Å². The van der Waals surface area contributed by atoms with Crippen molar-refractivity contribution in [3.05, 3.63) is 73.5 Å². The monoisotopic (exact) mass is 463 g/mol. The molecular formula is C20H19Cl2N5O4. The number of anilines is 2. The van der Waals surface area contributed by atoms with Gasteiger partial charge in [0.25, 0.3) is 5.69 Å². The highest BCUT2D eigenvalue weighted by molar-refractivity contribution is 6.35. The molecule has 1 heterocycles. The SMILES string of the molecule is COc1cc([N+](=O)[O-])ccc1NC(=O)Nc1c(C)nn(Cc2ccc(Cl)cc2Cl)c1C. The molecule has 0 aliphatic heterocycles. The number of aryl methyl sites for hydroxylation is 1. The van der Waals surface area contributed by atoms with E-state index in [0.29, 0.717) is 33.7 Å². The molecule has 2 aromatic carbocycles. The lowest BCUT2D eigenvalue weighted by Crippen LogP contribution is -2.20. The first-order chi connectivity index (χ1) is 14.7. The normalized spacial score (nSPS) is 10.6. The molecule has 162 valence electrons. The van der Waals surface area contributed by atoms with Crippen molar-refractivity contribution in [1.82, 2.24) is 9.78 Å². The van der Waals surface area contributed by atoms with Gasteiger partial charge in [0.15, 0.2) is 0 Å². The fourth-order valence-electron chi connectivity index (χ4n) is 3.01. The van der Waals surface area contributed by atoms with Crippen LogP contribution in [0.25, 0.3) is 0 Å². The molecule has 31 heavy (non-hydrogen) atoms. The van der Waals surface area contributed by atoms with Crippen LogP contribution in [0.15, 0.2) is 36.4 Å². The second-order valence-corrected chi connectivity index (χ2v) is 7.50. The Bertz CT molecular complexity index is 1160. The van der Waals surface area contributed by atoms with Crippen LogP contribution in [0.3, 0.4) is 0 Å². The van der Waals surface area contributed by atoms with E-state index in [1.165, 1.54) is 25.3 Å². The molecule has 2 N–H and O–H groups in total. The van der Waals surface area contributed by atoms with Crippen LogP contribution >= 0.6 is 23.2 Å². The molecule has 0 aliphatic carbocycles. The van der Waals surface area contributed by atoms with Gasteiger partial charge < -0.3 is 15.4 Å². The first-order valence-corrected chi connectivity index (χ1v) is 9.83. The number of hydrogen-bond donors (Lipinski definition) is 2. The summed E-state index contributed by atoms with van der Waals surface area (Å²) in [5.74, 6) is 0.172. The zero-order valence-electron chi connectivity index (χ0n) is 16.9. The number of urea groups is 1. The number of nitro groups is 1. The summed E-state index contributed by atoms with van der Waals surface area (Å²) in [6, 6.07) is 8.61. The highest BCUT2D eigenvalue weighted by atomic mass is 35.5. The molecule has 0 radical (unpaired) electrons. The van der Waals surface area contributed by atoms with Gasteiger partial charge in [0.2, 0.25) is 0 Å². The van der Waals surface area contributed by atoms with Gasteiger partial charge in [0.1, 0.15) is 5.75 Å². The van der Waals surface area contributed by atoms with Gasteiger partial charge >= 0.3 is 6.03 Å². The number of nitro benzene ring substituents is 1. The second-order valence-electron chi connectivity index (χ2n) is 6.66. The fraction of sp³-hybridized carbons (Fsp3) is 0.200. The van der Waals surface area contributed by atoms with Crippen LogP contribution in [0.2, 0.25) is 10.0 Å². The van der Waals surface area contributed by atoms with Gasteiger partial charge in [-0.3, -0.25) is 14.8 Å². The number of rotatable bonds is 6. The smallest absolute Gasteiger partial charge is 0.323 e. The lowest BCUT2D eigenvalue weighted by atomic mass is 10.2. The van der Waals surface area contributed by atoms with Gasteiger partial charge in [-0.2, -0.15) is 5.10 Å². The Morgan fingerprint density at radius 2 is 1.94 bits per heavy atom. The molecule has 0 atom stereocenters. The number of non-ortho nitro benzene ring substituents is 1. The van der Waals surface area contributed by atoms with Crippen LogP contribution in [0.4, 0.5) is 21.9 Å². The Labute approximate surface area is 188 Å². The molecule has 0 aliphatic rings. The Balaban J connectivity index is 1.77. The van der Waals surface area contributed by atoms with Gasteiger partial charge in [-0.15, -0.1) is 0 Å². The maximum Gasteiger partial charge on any atom is 0.323 e. The van der Waals surface area contributed by atoms with Crippen molar-refractivity contribution in [3.63, 3.8) is 0 Å². The van der Waals surface area contributed by atoms with E-state index in [0.717, 1.165) is 11.3 Å². The first kappa shape index (κ1) is 22.4. The number of carbonyl (C=O) groups is 1. The second kappa shape index (κ2) is 9.23. The quantitative estimate of drug-likeness (QED) is 0.374. The average Bonchev–Trinajstić information content (AvgIpc) is 2.97. The summed E-state index contributed by atoms with van der Waals surface area (Å²) in [7, 11) is 1.36. The molecule has 11 heteroatoms. The minimum atomic E-state index is -0.541. The molecule has 0 spiro atoms. The summed E-state index contributed by atoms with van der Waals surface area (Å²) in [4.78, 5) is 22.9. The Hall–Kier alpha value is -3.30. The van der Waals surface area contributed by atoms with Crippen LogP contribution in [0.5, 0.6) is 5.75 Å². The molecule has 9 nitrogen and oxygen atoms in total. The number of aromatic nitrogens is 2. The summed E-state index contributed by atoms with van der Waals surface area (Å²) >= 11 is 12.2. The number of nitrogens with one attached hydrogen (secondary N) is 2. The van der Waals surface area contributed by atoms with Crippen molar-refractivity contribution in [1.29, 1.82) is 0 Å². The van der Waals surface area contributed by atoms with Crippen LogP contribution in [-0.4, -0.2) is 27.8 Å². The van der Waals surface area contributed by atoms with Crippen molar-refractivity contribution in [2.75, 3.05) is 17.7 Å². The lowest BCUT2D eigenvalue weighted by Gasteiger charge is -2.12. The van der Waals surface area contributed by atoms with Gasteiger partial charge in [0, 0.05) is 16.1 Å². The largest absolute Gasteiger partial charge is 0.494 e. The van der Waals surface area contributed by atoms with E-state index in [1.807, 2.05) is 13.0 Å². The third-order valence-electron chi connectivity index (χ3n) is 4.60. The predicted molar refractivity (Wildman–Crippen MR) is 120 cm³/mol. The number of hydrogen-bond acceptors (Lipinski definition) is 5. The third kappa shape index (κ3) is 5.07. The highest BCUT2D eigenvalue weighted by Crippen LogP contribution is 2.30. The molecule has 0 saturated heterocycles. The summed E-state index contributed by atoms with van der Waals surface area (Å²) in [5, 5.41) is 21.9. The molecule has 0 fully saturated rings. The zero-order valence-corrected chi connectivity index (χ0v) is 18.4.